The van der Waals surface area contributed by atoms with Crippen molar-refractivity contribution in [2.45, 2.75) is 142 Å². The van der Waals surface area contributed by atoms with Gasteiger partial charge in [0.05, 0.1) is 0 Å². The molecular formula is C22H47OSi. The second-order valence-corrected chi connectivity index (χ2v) is 9.98. The average Bonchev–Trinajstić information content (AvgIpc) is 2.53. The van der Waals surface area contributed by atoms with Gasteiger partial charge in [0, 0.05) is 6.10 Å². The largest absolute Gasteiger partial charge is 0.415 e. The van der Waals surface area contributed by atoms with Crippen LogP contribution in [0.2, 0.25) is 13.1 Å². The molecule has 0 aromatic heterocycles. The Balaban J connectivity index is 3.05. The molecule has 2 heteroatoms. The maximum Gasteiger partial charge on any atom is 0.205 e. The molecule has 0 aliphatic carbocycles. The van der Waals surface area contributed by atoms with Crippen LogP contribution in [0.3, 0.4) is 0 Å². The van der Waals surface area contributed by atoms with E-state index in [2.05, 4.69) is 26.9 Å². The van der Waals surface area contributed by atoms with Crippen molar-refractivity contribution in [1.82, 2.24) is 0 Å². The highest BCUT2D eigenvalue weighted by atomic mass is 28.3. The fraction of sp³-hybridized carbons (Fsp3) is 1.00. The zero-order chi connectivity index (χ0) is 17.9. The van der Waals surface area contributed by atoms with E-state index in [1.807, 2.05) is 0 Å². The molecule has 1 nitrogen and oxygen atoms in total. The van der Waals surface area contributed by atoms with Gasteiger partial charge in [-0.15, -0.1) is 0 Å². The summed E-state index contributed by atoms with van der Waals surface area (Å²) >= 11 is 0. The van der Waals surface area contributed by atoms with Crippen molar-refractivity contribution < 1.29 is 4.43 Å². The molecule has 145 valence electrons. The molecule has 0 aromatic rings. The fourth-order valence-corrected chi connectivity index (χ4v) is 4.36. The summed E-state index contributed by atoms with van der Waals surface area (Å²) in [7, 11) is -0.504. The molecule has 0 spiro atoms. The molecule has 1 atom stereocenters. The normalized spacial score (nSPS) is 12.9. The summed E-state index contributed by atoms with van der Waals surface area (Å²) in [4.78, 5) is 0. The molecule has 0 saturated carbocycles. The lowest BCUT2D eigenvalue weighted by Gasteiger charge is -2.14. The molecule has 1 unspecified atom stereocenters. The molecule has 0 rings (SSSR count). The predicted octanol–water partition coefficient (Wildman–Crippen LogP) is 8.29. The molecule has 0 heterocycles. The Labute approximate surface area is 156 Å². The maximum atomic E-state index is 5.88. The number of hydrogen-bond donors (Lipinski definition) is 0. The third-order valence-electron chi connectivity index (χ3n) is 4.90. The van der Waals surface area contributed by atoms with Crippen LogP contribution in [0.5, 0.6) is 0 Å². The lowest BCUT2D eigenvalue weighted by molar-refractivity contribution is 0.209. The molecule has 0 amide bonds. The van der Waals surface area contributed by atoms with Crippen LogP contribution in [0.4, 0.5) is 0 Å². The summed E-state index contributed by atoms with van der Waals surface area (Å²) in [6, 6.07) is 0. The molecule has 0 N–H and O–H groups in total. The Bertz CT molecular complexity index is 230. The maximum absolute atomic E-state index is 5.88. The lowest BCUT2D eigenvalue weighted by atomic mass is 10.0. The van der Waals surface area contributed by atoms with Gasteiger partial charge >= 0.3 is 0 Å². The van der Waals surface area contributed by atoms with Crippen LogP contribution in [-0.2, 0) is 4.43 Å². The van der Waals surface area contributed by atoms with E-state index < -0.39 is 9.04 Å². The first-order valence-corrected chi connectivity index (χ1v) is 13.5. The highest BCUT2D eigenvalue weighted by Crippen LogP contribution is 2.14. The summed E-state index contributed by atoms with van der Waals surface area (Å²) in [5.41, 5.74) is 0. The van der Waals surface area contributed by atoms with Gasteiger partial charge in [-0.3, -0.25) is 0 Å². The Morgan fingerprint density at radius 3 is 1.25 bits per heavy atom. The molecule has 0 saturated heterocycles. The third-order valence-corrected chi connectivity index (χ3v) is 5.77. The van der Waals surface area contributed by atoms with Gasteiger partial charge in [0.2, 0.25) is 9.04 Å². The lowest BCUT2D eigenvalue weighted by Crippen LogP contribution is -2.17. The standard InChI is InChI=1S/C22H47OSi/c1-5-6-7-8-9-10-11-12-13-14-15-16-17-18-19-20-21-22(2)23-24(3)4/h22H,5-21H2,1-4H3. The number of hydrogen-bond acceptors (Lipinski definition) is 1. The summed E-state index contributed by atoms with van der Waals surface area (Å²) in [5, 5.41) is 0. The quantitative estimate of drug-likeness (QED) is 0.167. The monoisotopic (exact) mass is 355 g/mol. The Hall–Kier alpha value is 0.177. The summed E-state index contributed by atoms with van der Waals surface area (Å²) in [6.07, 6.45) is 24.9. The van der Waals surface area contributed by atoms with Crippen LogP contribution in [0.25, 0.3) is 0 Å². The molecule has 0 bridgehead atoms. The van der Waals surface area contributed by atoms with Crippen LogP contribution in [0, 0.1) is 0 Å². The molecule has 0 aliphatic rings. The second kappa shape index (κ2) is 19.5. The van der Waals surface area contributed by atoms with Crippen LogP contribution >= 0.6 is 0 Å². The van der Waals surface area contributed by atoms with Crippen molar-refractivity contribution in [3.8, 4) is 0 Å². The predicted molar refractivity (Wildman–Crippen MR) is 112 cm³/mol. The van der Waals surface area contributed by atoms with Crippen molar-refractivity contribution >= 4 is 9.04 Å². The van der Waals surface area contributed by atoms with Gasteiger partial charge in [0.25, 0.3) is 0 Å². The molecule has 0 aliphatic heterocycles. The molecule has 24 heavy (non-hydrogen) atoms. The van der Waals surface area contributed by atoms with Crippen molar-refractivity contribution in [2.24, 2.45) is 0 Å². The van der Waals surface area contributed by atoms with Gasteiger partial charge in [-0.05, 0) is 26.4 Å². The molecular weight excluding hydrogens is 308 g/mol. The summed E-state index contributed by atoms with van der Waals surface area (Å²) in [5.74, 6) is 0. The minimum atomic E-state index is -0.504. The minimum absolute atomic E-state index is 0.487. The Morgan fingerprint density at radius 1 is 0.583 bits per heavy atom. The Morgan fingerprint density at radius 2 is 0.917 bits per heavy atom. The van der Waals surface area contributed by atoms with Gasteiger partial charge in [0.15, 0.2) is 0 Å². The highest BCUT2D eigenvalue weighted by molar-refractivity contribution is 6.48. The van der Waals surface area contributed by atoms with Crippen molar-refractivity contribution in [1.29, 1.82) is 0 Å². The van der Waals surface area contributed by atoms with E-state index in [1.165, 1.54) is 109 Å². The topological polar surface area (TPSA) is 9.23 Å². The first kappa shape index (κ1) is 24.2. The van der Waals surface area contributed by atoms with Gasteiger partial charge in [-0.1, -0.05) is 110 Å². The number of unbranched alkanes of at least 4 members (excludes halogenated alkanes) is 15. The van der Waals surface area contributed by atoms with Gasteiger partial charge < -0.3 is 4.43 Å². The van der Waals surface area contributed by atoms with Gasteiger partial charge in [0.1, 0.15) is 0 Å². The minimum Gasteiger partial charge on any atom is -0.415 e. The molecule has 1 radical (unpaired) electrons. The molecule has 0 fully saturated rings. The zero-order valence-electron chi connectivity index (χ0n) is 17.5. The van der Waals surface area contributed by atoms with E-state index in [1.54, 1.807) is 0 Å². The summed E-state index contributed by atoms with van der Waals surface area (Å²) < 4.78 is 5.88. The Kier molecular flexibility index (Phi) is 19.6. The van der Waals surface area contributed by atoms with Crippen LogP contribution < -0.4 is 0 Å². The van der Waals surface area contributed by atoms with Gasteiger partial charge in [-0.2, -0.15) is 0 Å². The first-order chi connectivity index (χ1) is 11.7. The van der Waals surface area contributed by atoms with E-state index >= 15 is 0 Å². The average molecular weight is 356 g/mol. The second-order valence-electron chi connectivity index (χ2n) is 7.93. The first-order valence-electron chi connectivity index (χ1n) is 11.1. The molecule has 0 aromatic carbocycles. The third kappa shape index (κ3) is 20.2. The summed E-state index contributed by atoms with van der Waals surface area (Å²) in [6.45, 7) is 9.00. The van der Waals surface area contributed by atoms with Crippen LogP contribution in [-0.4, -0.2) is 15.1 Å². The zero-order valence-corrected chi connectivity index (χ0v) is 18.5. The number of rotatable bonds is 19. The smallest absolute Gasteiger partial charge is 0.205 e. The van der Waals surface area contributed by atoms with Crippen molar-refractivity contribution in [3.63, 3.8) is 0 Å². The van der Waals surface area contributed by atoms with E-state index in [0.717, 1.165) is 0 Å². The van der Waals surface area contributed by atoms with Crippen molar-refractivity contribution in [2.75, 3.05) is 0 Å². The highest BCUT2D eigenvalue weighted by Gasteiger charge is 2.05. The van der Waals surface area contributed by atoms with Crippen molar-refractivity contribution in [3.05, 3.63) is 0 Å². The van der Waals surface area contributed by atoms with E-state index in [4.69, 9.17) is 4.43 Å². The van der Waals surface area contributed by atoms with Gasteiger partial charge in [-0.25, -0.2) is 0 Å². The fourth-order valence-electron chi connectivity index (χ4n) is 3.44. The SMILES string of the molecule is CCCCCCCCCCCCCCCCCCC(C)O[Si](C)C. The van der Waals surface area contributed by atoms with E-state index in [0.29, 0.717) is 6.10 Å². The van der Waals surface area contributed by atoms with E-state index in [-0.39, 0.29) is 0 Å². The van der Waals surface area contributed by atoms with Crippen LogP contribution in [0.15, 0.2) is 0 Å². The van der Waals surface area contributed by atoms with E-state index in [9.17, 15) is 0 Å². The van der Waals surface area contributed by atoms with Crippen LogP contribution in [0.1, 0.15) is 123 Å².